The van der Waals surface area contributed by atoms with E-state index in [2.05, 4.69) is 62.9 Å². The molecule has 2 aliphatic heterocycles. The molecule has 3 aliphatic rings. The van der Waals surface area contributed by atoms with Crippen LogP contribution in [0.15, 0.2) is 54.1 Å². The van der Waals surface area contributed by atoms with Crippen LogP contribution < -0.4 is 4.90 Å². The van der Waals surface area contributed by atoms with Gasteiger partial charge in [0.2, 0.25) is 11.6 Å². The van der Waals surface area contributed by atoms with Crippen molar-refractivity contribution in [3.8, 4) is 0 Å². The molecule has 7 rings (SSSR count). The third-order valence-corrected chi connectivity index (χ3v) is 9.60. The Kier molecular flexibility index (Phi) is 4.86. The van der Waals surface area contributed by atoms with E-state index >= 15 is 0 Å². The highest BCUT2D eigenvalue weighted by molar-refractivity contribution is 7.17. The summed E-state index contributed by atoms with van der Waals surface area (Å²) in [5.74, 6) is -10.3. The van der Waals surface area contributed by atoms with Crippen LogP contribution in [0.4, 0.5) is 33.9 Å². The van der Waals surface area contributed by atoms with Crippen LogP contribution in [0.25, 0.3) is 6.08 Å². The highest BCUT2D eigenvalue weighted by Gasteiger charge is 2.47. The maximum atomic E-state index is 14.5. The maximum Gasteiger partial charge on any atom is 0.200 e. The van der Waals surface area contributed by atoms with Crippen LogP contribution in [-0.4, -0.2) is 11.6 Å². The summed E-state index contributed by atoms with van der Waals surface area (Å²) in [7, 11) is 0. The van der Waals surface area contributed by atoms with Crippen LogP contribution in [0.3, 0.4) is 0 Å². The van der Waals surface area contributed by atoms with E-state index in [1.165, 1.54) is 23.0 Å². The molecule has 0 N–H and O–H groups in total. The van der Waals surface area contributed by atoms with Crippen molar-refractivity contribution < 1.29 is 27.2 Å². The smallest absolute Gasteiger partial charge is 0.200 e. The molecule has 4 aromatic rings. The molecule has 1 aliphatic carbocycles. The van der Waals surface area contributed by atoms with Gasteiger partial charge in [0.25, 0.3) is 0 Å². The zero-order chi connectivity index (χ0) is 28.5. The largest absolute Gasteiger partial charge is 0.301 e. The number of ketones is 2. The number of thiophene rings is 1. The average molecular weight is 560 g/mol. The number of hydrogen-bond donors (Lipinski definition) is 0. The van der Waals surface area contributed by atoms with Gasteiger partial charge in [-0.3, -0.25) is 9.59 Å². The number of nitrogens with zero attached hydrogens (tertiary/aromatic N) is 1. The van der Waals surface area contributed by atoms with Crippen LogP contribution in [0, 0.1) is 23.3 Å². The Morgan fingerprint density at radius 1 is 0.700 bits per heavy atom. The average Bonchev–Trinajstić information content (AvgIpc) is 3.46. The first-order chi connectivity index (χ1) is 18.9. The third-order valence-electron chi connectivity index (χ3n) is 8.53. The minimum atomic E-state index is -2.12. The second kappa shape index (κ2) is 7.79. The maximum absolute atomic E-state index is 14.5. The first-order valence-corrected chi connectivity index (χ1v) is 13.5. The van der Waals surface area contributed by atoms with Crippen molar-refractivity contribution in [3.63, 3.8) is 0 Å². The molecule has 3 heterocycles. The molecule has 0 amide bonds. The predicted molar refractivity (Wildman–Crippen MR) is 146 cm³/mol. The number of allylic oxidation sites excluding steroid dienone is 1. The van der Waals surface area contributed by atoms with Gasteiger partial charge in [-0.15, -0.1) is 11.3 Å². The summed E-state index contributed by atoms with van der Waals surface area (Å²) in [4.78, 5) is 28.7. The van der Waals surface area contributed by atoms with E-state index in [-0.39, 0.29) is 5.41 Å². The van der Waals surface area contributed by atoms with Gasteiger partial charge in [-0.25, -0.2) is 17.6 Å². The van der Waals surface area contributed by atoms with Crippen molar-refractivity contribution in [1.82, 2.24) is 0 Å². The number of benzene rings is 3. The Morgan fingerprint density at radius 3 is 1.82 bits per heavy atom. The van der Waals surface area contributed by atoms with Gasteiger partial charge in [-0.1, -0.05) is 64.1 Å². The molecule has 1 aromatic heterocycles. The molecule has 0 radical (unpaired) electrons. The van der Waals surface area contributed by atoms with E-state index < -0.39 is 57.0 Å². The van der Waals surface area contributed by atoms with E-state index in [0.29, 0.717) is 4.88 Å². The number of carbonyl (C=O) groups is 2. The van der Waals surface area contributed by atoms with Gasteiger partial charge in [-0.05, 0) is 40.5 Å². The SMILES string of the molecule is CC1(C)c2ccccc2N2c3sc(C=C4C(=O)c5c(F)c(F)c(F)c(F)c5C4=O)cc3C(C)(C)c3cccc1c32. The fourth-order valence-corrected chi connectivity index (χ4v) is 7.68. The quantitative estimate of drug-likeness (QED) is 0.0771. The van der Waals surface area contributed by atoms with Crippen LogP contribution >= 0.6 is 11.3 Å². The van der Waals surface area contributed by atoms with Crippen molar-refractivity contribution in [1.29, 1.82) is 0 Å². The second-order valence-corrected chi connectivity index (χ2v) is 12.5. The predicted octanol–water partition coefficient (Wildman–Crippen LogP) is 8.52. The summed E-state index contributed by atoms with van der Waals surface area (Å²) in [6.07, 6.45) is 1.27. The molecule has 40 heavy (non-hydrogen) atoms. The Labute approximate surface area is 231 Å². The highest BCUT2D eigenvalue weighted by atomic mass is 32.1. The Balaban J connectivity index is 1.44. The van der Waals surface area contributed by atoms with Gasteiger partial charge in [0, 0.05) is 15.7 Å². The third kappa shape index (κ3) is 2.89. The molecule has 8 heteroatoms. The first-order valence-electron chi connectivity index (χ1n) is 12.7. The Morgan fingerprint density at radius 2 is 1.23 bits per heavy atom. The molecule has 0 saturated heterocycles. The summed E-state index contributed by atoms with van der Waals surface area (Å²) in [6, 6.07) is 16.3. The van der Waals surface area contributed by atoms with E-state index in [1.54, 1.807) is 0 Å². The number of fused-ring (bicyclic) bond motifs is 5. The molecule has 0 bridgehead atoms. The van der Waals surface area contributed by atoms with Crippen molar-refractivity contribution in [2.75, 3.05) is 4.90 Å². The van der Waals surface area contributed by atoms with Gasteiger partial charge >= 0.3 is 0 Å². The monoisotopic (exact) mass is 559 g/mol. The van der Waals surface area contributed by atoms with E-state index in [0.717, 1.165) is 33.1 Å². The normalized spacial score (nSPS) is 17.4. The number of para-hydroxylation sites is 2. The zero-order valence-electron chi connectivity index (χ0n) is 21.9. The van der Waals surface area contributed by atoms with Gasteiger partial charge in [0.05, 0.1) is 28.1 Å². The second-order valence-electron chi connectivity index (χ2n) is 11.4. The lowest BCUT2D eigenvalue weighted by molar-refractivity contribution is 0.0988. The fraction of sp³-hybridized carbons (Fsp3) is 0.188. The zero-order valence-corrected chi connectivity index (χ0v) is 22.7. The summed E-state index contributed by atoms with van der Waals surface area (Å²) >= 11 is 1.33. The number of Topliss-reactive ketones (excluding diaryl/α,β-unsaturated/α-hetero) is 2. The van der Waals surface area contributed by atoms with E-state index in [1.807, 2.05) is 18.2 Å². The van der Waals surface area contributed by atoms with Crippen molar-refractivity contribution in [3.05, 3.63) is 116 Å². The van der Waals surface area contributed by atoms with Gasteiger partial charge in [-0.2, -0.15) is 0 Å². The number of halogens is 4. The van der Waals surface area contributed by atoms with Crippen LogP contribution in [0.1, 0.15) is 75.5 Å². The Hall–Kier alpha value is -4.04. The van der Waals surface area contributed by atoms with Crippen molar-refractivity contribution in [2.24, 2.45) is 0 Å². The first kappa shape index (κ1) is 25.0. The molecular formula is C32H21F4NO2S. The van der Waals surface area contributed by atoms with Crippen LogP contribution in [0.5, 0.6) is 0 Å². The summed E-state index contributed by atoms with van der Waals surface area (Å²) < 4.78 is 56.7. The summed E-state index contributed by atoms with van der Waals surface area (Å²) in [6.45, 7) is 8.61. The standard InChI is InChI=1S/C32H21F4NO2S/c1-31(2)16-8-5-6-11-20(16)37-27-17(31)9-7-10-18(27)32(3,4)19-13-14(40-30(19)37)12-15-28(38)21-22(29(15)39)24(34)26(36)25(35)23(21)33/h5-13H,1-4H3. The van der Waals surface area contributed by atoms with Gasteiger partial charge in [0.15, 0.2) is 23.3 Å². The molecule has 3 aromatic carbocycles. The van der Waals surface area contributed by atoms with E-state index in [4.69, 9.17) is 0 Å². The van der Waals surface area contributed by atoms with Gasteiger partial charge in [0.1, 0.15) is 5.00 Å². The molecule has 0 saturated carbocycles. The van der Waals surface area contributed by atoms with Crippen molar-refractivity contribution >= 4 is 45.4 Å². The molecular weight excluding hydrogens is 538 g/mol. The summed E-state index contributed by atoms with van der Waals surface area (Å²) in [5, 5.41) is 0.893. The number of anilines is 3. The van der Waals surface area contributed by atoms with Gasteiger partial charge < -0.3 is 4.90 Å². The van der Waals surface area contributed by atoms with Crippen LogP contribution in [-0.2, 0) is 10.8 Å². The minimum absolute atomic E-state index is 0.263. The van der Waals surface area contributed by atoms with Crippen LogP contribution in [0.2, 0.25) is 0 Å². The lowest BCUT2D eigenvalue weighted by Gasteiger charge is -2.48. The van der Waals surface area contributed by atoms with E-state index in [9.17, 15) is 27.2 Å². The molecule has 0 spiro atoms. The molecule has 3 nitrogen and oxygen atoms in total. The highest BCUT2D eigenvalue weighted by Crippen LogP contribution is 2.61. The lowest BCUT2D eigenvalue weighted by atomic mass is 9.67. The molecule has 0 atom stereocenters. The molecule has 0 fully saturated rings. The minimum Gasteiger partial charge on any atom is -0.301 e. The topological polar surface area (TPSA) is 37.4 Å². The molecule has 200 valence electrons. The number of rotatable bonds is 1. The number of carbonyl (C=O) groups excluding carboxylic acids is 2. The fourth-order valence-electron chi connectivity index (χ4n) is 6.40. The van der Waals surface area contributed by atoms with Crippen molar-refractivity contribution in [2.45, 2.75) is 38.5 Å². The Bertz CT molecular complexity index is 1850. The number of hydrogen-bond acceptors (Lipinski definition) is 4. The summed E-state index contributed by atoms with van der Waals surface area (Å²) in [5.41, 5.74) is 3.09. The lowest BCUT2D eigenvalue weighted by Crippen LogP contribution is -2.37. The molecule has 0 unspecified atom stereocenters.